The second-order valence-corrected chi connectivity index (χ2v) is 8.62. The number of rotatable bonds is 6. The molecule has 0 saturated heterocycles. The van der Waals surface area contributed by atoms with Crippen LogP contribution in [-0.2, 0) is 16.6 Å². The van der Waals surface area contributed by atoms with E-state index in [0.29, 0.717) is 22.4 Å². The molecule has 0 spiro atoms. The van der Waals surface area contributed by atoms with E-state index in [1.54, 1.807) is 47.7 Å². The molecule has 8 nitrogen and oxygen atoms in total. The van der Waals surface area contributed by atoms with Crippen molar-refractivity contribution in [3.63, 3.8) is 0 Å². The summed E-state index contributed by atoms with van der Waals surface area (Å²) in [4.78, 5) is 9.45. The Hall–Kier alpha value is -2.30. The minimum Gasteiger partial charge on any atom is -0.364 e. The summed E-state index contributed by atoms with van der Waals surface area (Å²) in [6, 6.07) is 5.21. The van der Waals surface area contributed by atoms with Crippen molar-refractivity contribution in [3.8, 4) is 5.82 Å². The number of aromatic nitrogens is 4. The Morgan fingerprint density at radius 3 is 2.83 bits per heavy atom. The van der Waals surface area contributed by atoms with Gasteiger partial charge in [0.2, 0.25) is 0 Å². The average molecular weight is 364 g/mol. The van der Waals surface area contributed by atoms with E-state index >= 15 is 0 Å². The molecule has 0 unspecified atom stereocenters. The van der Waals surface area contributed by atoms with Crippen molar-refractivity contribution in [1.82, 2.24) is 24.1 Å². The van der Waals surface area contributed by atoms with Crippen molar-refractivity contribution in [3.05, 3.63) is 47.9 Å². The summed E-state index contributed by atoms with van der Waals surface area (Å²) in [7, 11) is -0.356. The first-order valence-corrected chi connectivity index (χ1v) is 9.29. The van der Waals surface area contributed by atoms with Crippen molar-refractivity contribution < 1.29 is 8.42 Å². The largest absolute Gasteiger partial charge is 0.364 e. The van der Waals surface area contributed by atoms with E-state index in [9.17, 15) is 8.42 Å². The minimum absolute atomic E-state index is 0.320. The summed E-state index contributed by atoms with van der Waals surface area (Å²) in [5, 5.41) is 7.25. The average Bonchev–Trinajstić information content (AvgIpc) is 3.25. The number of sulfonamides is 1. The Morgan fingerprint density at radius 1 is 1.29 bits per heavy atom. The fourth-order valence-corrected chi connectivity index (χ4v) is 4.37. The number of hydrogen-bond acceptors (Lipinski definition) is 7. The maximum absolute atomic E-state index is 12.1. The lowest BCUT2D eigenvalue weighted by Gasteiger charge is -2.08. The van der Waals surface area contributed by atoms with Gasteiger partial charge in [-0.15, -0.1) is 11.3 Å². The van der Waals surface area contributed by atoms with Crippen LogP contribution in [0.5, 0.6) is 0 Å². The van der Waals surface area contributed by atoms with Crippen LogP contribution in [0.25, 0.3) is 5.82 Å². The fraction of sp³-hybridized carbons (Fsp3) is 0.214. The number of anilines is 1. The molecule has 0 aliphatic heterocycles. The zero-order valence-electron chi connectivity index (χ0n) is 13.1. The highest BCUT2D eigenvalue weighted by Gasteiger charge is 2.19. The van der Waals surface area contributed by atoms with Crippen LogP contribution in [0.1, 0.15) is 4.88 Å². The van der Waals surface area contributed by atoms with Crippen LogP contribution < -0.4 is 5.32 Å². The van der Waals surface area contributed by atoms with Gasteiger partial charge in [-0.25, -0.2) is 22.4 Å². The monoisotopic (exact) mass is 364 g/mol. The van der Waals surface area contributed by atoms with Gasteiger partial charge in [0.1, 0.15) is 10.0 Å². The van der Waals surface area contributed by atoms with Crippen molar-refractivity contribution in [2.45, 2.75) is 10.8 Å². The number of nitrogens with one attached hydrogen (secondary N) is 1. The van der Waals surface area contributed by atoms with Gasteiger partial charge in [0.15, 0.2) is 5.82 Å². The molecule has 0 aliphatic carbocycles. The summed E-state index contributed by atoms with van der Waals surface area (Å²) in [5.74, 6) is 1.19. The standard InChI is InChI=1S/C14H16N6O2S2/c1-19(2)24(21,22)14-5-4-11(23-14)8-16-12-9-15-10-13(18-12)20-7-3-6-17-20/h3-7,9-10H,8H2,1-2H3,(H,16,18). The van der Waals surface area contributed by atoms with Gasteiger partial charge in [-0.05, 0) is 18.2 Å². The van der Waals surface area contributed by atoms with Crippen LogP contribution in [0.15, 0.2) is 47.2 Å². The molecule has 0 fully saturated rings. The Balaban J connectivity index is 1.71. The van der Waals surface area contributed by atoms with E-state index < -0.39 is 10.0 Å². The van der Waals surface area contributed by atoms with Crippen LogP contribution in [0.4, 0.5) is 5.82 Å². The van der Waals surface area contributed by atoms with E-state index in [0.717, 1.165) is 4.88 Å². The third kappa shape index (κ3) is 3.45. The molecule has 0 aliphatic rings. The third-order valence-corrected chi connectivity index (χ3v) is 6.54. The van der Waals surface area contributed by atoms with Crippen LogP contribution in [-0.4, -0.2) is 46.6 Å². The van der Waals surface area contributed by atoms with Gasteiger partial charge in [-0.1, -0.05) is 0 Å². The summed E-state index contributed by atoms with van der Waals surface area (Å²) in [5.41, 5.74) is 0. The topological polar surface area (TPSA) is 93.0 Å². The first-order valence-electron chi connectivity index (χ1n) is 7.04. The molecule has 0 bridgehead atoms. The Morgan fingerprint density at radius 2 is 2.12 bits per heavy atom. The summed E-state index contributed by atoms with van der Waals surface area (Å²) < 4.78 is 27.3. The van der Waals surface area contributed by atoms with E-state index in [4.69, 9.17) is 0 Å². The highest BCUT2D eigenvalue weighted by molar-refractivity contribution is 7.91. The molecule has 1 N–H and O–H groups in total. The molecule has 126 valence electrons. The fourth-order valence-electron chi connectivity index (χ4n) is 1.91. The van der Waals surface area contributed by atoms with Crippen LogP contribution in [0.3, 0.4) is 0 Å². The van der Waals surface area contributed by atoms with E-state index in [2.05, 4.69) is 20.4 Å². The second kappa shape index (κ2) is 6.67. The van der Waals surface area contributed by atoms with Gasteiger partial charge < -0.3 is 5.32 Å². The van der Waals surface area contributed by atoms with Gasteiger partial charge >= 0.3 is 0 Å². The predicted molar refractivity (Wildman–Crippen MR) is 91.7 cm³/mol. The molecule has 0 atom stereocenters. The maximum atomic E-state index is 12.1. The number of hydrogen-bond donors (Lipinski definition) is 1. The minimum atomic E-state index is -3.39. The molecule has 0 amide bonds. The van der Waals surface area contributed by atoms with Crippen LogP contribution in [0.2, 0.25) is 0 Å². The predicted octanol–water partition coefficient (Wildman–Crippen LogP) is 1.59. The second-order valence-electron chi connectivity index (χ2n) is 5.07. The van der Waals surface area contributed by atoms with Crippen LogP contribution >= 0.6 is 11.3 Å². The molecular formula is C14H16N6O2S2. The van der Waals surface area contributed by atoms with Crippen molar-refractivity contribution in [2.24, 2.45) is 0 Å². The van der Waals surface area contributed by atoms with Gasteiger partial charge in [0, 0.05) is 31.4 Å². The first-order chi connectivity index (χ1) is 11.5. The summed E-state index contributed by atoms with van der Waals surface area (Å²) in [6.45, 7) is 0.463. The highest BCUT2D eigenvalue weighted by atomic mass is 32.2. The molecule has 24 heavy (non-hydrogen) atoms. The molecule has 0 saturated carbocycles. The first kappa shape index (κ1) is 16.6. The normalized spacial score (nSPS) is 11.8. The van der Waals surface area contributed by atoms with Gasteiger partial charge in [0.25, 0.3) is 10.0 Å². The zero-order chi connectivity index (χ0) is 17.2. The molecule has 0 aromatic carbocycles. The number of thiophene rings is 1. The lowest BCUT2D eigenvalue weighted by atomic mass is 10.4. The molecule has 10 heteroatoms. The SMILES string of the molecule is CN(C)S(=O)(=O)c1ccc(CNc2cncc(-n3cccn3)n2)s1. The maximum Gasteiger partial charge on any atom is 0.252 e. The Bertz CT molecular complexity index is 918. The van der Waals surface area contributed by atoms with Gasteiger partial charge in [0.05, 0.1) is 18.9 Å². The molecular weight excluding hydrogens is 348 g/mol. The molecule has 3 aromatic rings. The summed E-state index contributed by atoms with van der Waals surface area (Å²) >= 11 is 1.23. The Labute approximate surface area is 143 Å². The van der Waals surface area contributed by atoms with E-state index in [1.807, 2.05) is 0 Å². The third-order valence-electron chi connectivity index (χ3n) is 3.18. The van der Waals surface area contributed by atoms with Gasteiger partial charge in [-0.2, -0.15) is 5.10 Å². The van der Waals surface area contributed by atoms with E-state index in [-0.39, 0.29) is 0 Å². The Kier molecular flexibility index (Phi) is 4.60. The molecule has 3 aromatic heterocycles. The van der Waals surface area contributed by atoms with Crippen molar-refractivity contribution in [2.75, 3.05) is 19.4 Å². The van der Waals surface area contributed by atoms with Crippen molar-refractivity contribution in [1.29, 1.82) is 0 Å². The lowest BCUT2D eigenvalue weighted by molar-refractivity contribution is 0.523. The summed E-state index contributed by atoms with van der Waals surface area (Å²) in [6.07, 6.45) is 6.68. The highest BCUT2D eigenvalue weighted by Crippen LogP contribution is 2.24. The van der Waals surface area contributed by atoms with Crippen molar-refractivity contribution >= 4 is 27.2 Å². The molecule has 3 heterocycles. The quantitative estimate of drug-likeness (QED) is 0.714. The smallest absolute Gasteiger partial charge is 0.252 e. The lowest BCUT2D eigenvalue weighted by Crippen LogP contribution is -2.21. The van der Waals surface area contributed by atoms with E-state index in [1.165, 1.54) is 29.7 Å². The molecule has 0 radical (unpaired) electrons. The zero-order valence-corrected chi connectivity index (χ0v) is 14.8. The van der Waals surface area contributed by atoms with Gasteiger partial charge in [-0.3, -0.25) is 4.98 Å². The van der Waals surface area contributed by atoms with Crippen LogP contribution in [0, 0.1) is 0 Å². The number of nitrogens with zero attached hydrogens (tertiary/aromatic N) is 5. The molecule has 3 rings (SSSR count).